The van der Waals surface area contributed by atoms with Gasteiger partial charge < -0.3 is 4.74 Å². The quantitative estimate of drug-likeness (QED) is 0.710. The van der Waals surface area contributed by atoms with Gasteiger partial charge in [-0.3, -0.25) is 4.79 Å². The molecule has 1 fully saturated rings. The van der Waals surface area contributed by atoms with Gasteiger partial charge in [-0.1, -0.05) is 42.5 Å². The molecule has 90 valence electrons. The van der Waals surface area contributed by atoms with E-state index in [-0.39, 0.29) is 5.97 Å². The molecule has 0 saturated carbocycles. The second kappa shape index (κ2) is 4.65. The maximum atomic E-state index is 11.0. The molecular formula is C16H14O2. The van der Waals surface area contributed by atoms with Crippen LogP contribution >= 0.6 is 0 Å². The van der Waals surface area contributed by atoms with Gasteiger partial charge in [-0.2, -0.15) is 0 Å². The van der Waals surface area contributed by atoms with Gasteiger partial charge in [-0.25, -0.2) is 0 Å². The molecule has 0 bridgehead atoms. The lowest BCUT2D eigenvalue weighted by Crippen LogP contribution is -2.14. The zero-order chi connectivity index (χ0) is 12.4. The minimum atomic E-state index is -0.0920. The van der Waals surface area contributed by atoms with E-state index < -0.39 is 0 Å². The Labute approximate surface area is 106 Å². The number of carbonyl (C=O) groups excluding carboxylic acids is 1. The molecule has 2 heteroatoms. The summed E-state index contributed by atoms with van der Waals surface area (Å²) in [4.78, 5) is 11.0. The second-order valence-corrected chi connectivity index (χ2v) is 4.57. The van der Waals surface area contributed by atoms with Crippen molar-refractivity contribution in [1.82, 2.24) is 0 Å². The summed E-state index contributed by atoms with van der Waals surface area (Å²) in [5.74, 6) is -0.0920. The Balaban J connectivity index is 1.90. The van der Waals surface area contributed by atoms with Gasteiger partial charge >= 0.3 is 5.97 Å². The van der Waals surface area contributed by atoms with Crippen molar-refractivity contribution in [3.8, 4) is 0 Å². The third-order valence-electron chi connectivity index (χ3n) is 3.21. The molecule has 0 aliphatic carbocycles. The molecule has 0 aromatic heterocycles. The van der Waals surface area contributed by atoms with E-state index in [9.17, 15) is 4.79 Å². The molecule has 2 aromatic rings. The molecule has 0 amide bonds. The maximum Gasteiger partial charge on any atom is 0.306 e. The van der Waals surface area contributed by atoms with E-state index in [2.05, 4.69) is 36.4 Å². The van der Waals surface area contributed by atoms with Crippen LogP contribution in [0.2, 0.25) is 0 Å². The third kappa shape index (κ3) is 2.28. The summed E-state index contributed by atoms with van der Waals surface area (Å²) in [5, 5.41) is 2.48. The molecule has 18 heavy (non-hydrogen) atoms. The van der Waals surface area contributed by atoms with Crippen LogP contribution in [0.1, 0.15) is 18.4 Å². The number of carbonyl (C=O) groups is 1. The van der Waals surface area contributed by atoms with Crippen molar-refractivity contribution >= 4 is 22.8 Å². The highest BCUT2D eigenvalue weighted by Gasteiger charge is 2.13. The monoisotopic (exact) mass is 238 g/mol. The highest BCUT2D eigenvalue weighted by molar-refractivity contribution is 5.85. The molecule has 2 nitrogen and oxygen atoms in total. The zero-order valence-corrected chi connectivity index (χ0v) is 10.1. The van der Waals surface area contributed by atoms with Crippen LogP contribution in [0.3, 0.4) is 0 Å². The Morgan fingerprint density at radius 1 is 1.00 bits per heavy atom. The number of fused-ring (bicyclic) bond motifs is 1. The molecule has 1 heterocycles. The first-order valence-corrected chi connectivity index (χ1v) is 6.15. The van der Waals surface area contributed by atoms with Gasteiger partial charge in [0.1, 0.15) is 6.61 Å². The van der Waals surface area contributed by atoms with E-state index in [0.717, 1.165) is 6.42 Å². The molecule has 1 saturated heterocycles. The van der Waals surface area contributed by atoms with E-state index in [1.807, 2.05) is 12.1 Å². The standard InChI is InChI=1S/C16H14O2/c17-16-8-6-13(11-18-16)9-12-5-7-14-3-1-2-4-15(14)10-12/h1-5,7,9-10H,6,8,11H2. The van der Waals surface area contributed by atoms with Gasteiger partial charge in [0.25, 0.3) is 0 Å². The van der Waals surface area contributed by atoms with Crippen LogP contribution in [0.5, 0.6) is 0 Å². The van der Waals surface area contributed by atoms with Crippen LogP contribution < -0.4 is 0 Å². The molecule has 0 N–H and O–H groups in total. The lowest BCUT2D eigenvalue weighted by Gasteiger charge is -2.14. The van der Waals surface area contributed by atoms with Crippen molar-refractivity contribution in [1.29, 1.82) is 0 Å². The lowest BCUT2D eigenvalue weighted by molar-refractivity contribution is -0.144. The fraction of sp³-hybridized carbons (Fsp3) is 0.188. The smallest absolute Gasteiger partial charge is 0.306 e. The van der Waals surface area contributed by atoms with Crippen LogP contribution in [-0.4, -0.2) is 12.6 Å². The van der Waals surface area contributed by atoms with E-state index in [1.54, 1.807) is 0 Å². The number of rotatable bonds is 1. The van der Waals surface area contributed by atoms with E-state index in [1.165, 1.54) is 21.9 Å². The maximum absolute atomic E-state index is 11.0. The number of ether oxygens (including phenoxy) is 1. The minimum Gasteiger partial charge on any atom is -0.461 e. The lowest BCUT2D eigenvalue weighted by atomic mass is 10.0. The average molecular weight is 238 g/mol. The van der Waals surface area contributed by atoms with Gasteiger partial charge in [0.2, 0.25) is 0 Å². The molecule has 2 aromatic carbocycles. The summed E-state index contributed by atoms with van der Waals surface area (Å²) in [6, 6.07) is 14.7. The van der Waals surface area contributed by atoms with Crippen LogP contribution in [0.25, 0.3) is 16.8 Å². The summed E-state index contributed by atoms with van der Waals surface area (Å²) < 4.78 is 5.04. The number of esters is 1. The molecule has 3 rings (SSSR count). The number of hydrogen-bond acceptors (Lipinski definition) is 2. The van der Waals surface area contributed by atoms with Crippen LogP contribution in [0.15, 0.2) is 48.0 Å². The highest BCUT2D eigenvalue weighted by atomic mass is 16.5. The molecular weight excluding hydrogens is 224 g/mol. The van der Waals surface area contributed by atoms with Crippen molar-refractivity contribution in [3.05, 3.63) is 53.6 Å². The van der Waals surface area contributed by atoms with E-state index >= 15 is 0 Å². The minimum absolute atomic E-state index is 0.0920. The number of hydrogen-bond donors (Lipinski definition) is 0. The Hall–Kier alpha value is -2.09. The Morgan fingerprint density at radius 2 is 1.83 bits per heavy atom. The first-order valence-electron chi connectivity index (χ1n) is 6.15. The Kier molecular flexibility index (Phi) is 2.85. The summed E-state index contributed by atoms with van der Waals surface area (Å²) in [5.41, 5.74) is 2.35. The van der Waals surface area contributed by atoms with Crippen LogP contribution in [-0.2, 0) is 9.53 Å². The van der Waals surface area contributed by atoms with Gasteiger partial charge in [0, 0.05) is 6.42 Å². The molecule has 0 spiro atoms. The fourth-order valence-electron chi connectivity index (χ4n) is 2.23. The SMILES string of the molecule is O=C1CCC(=Cc2ccc3ccccc3c2)CO1. The third-order valence-corrected chi connectivity index (χ3v) is 3.21. The van der Waals surface area contributed by atoms with Crippen LogP contribution in [0.4, 0.5) is 0 Å². The molecule has 1 aliphatic rings. The topological polar surface area (TPSA) is 26.3 Å². The Bertz CT molecular complexity index is 614. The molecule has 1 aliphatic heterocycles. The summed E-state index contributed by atoms with van der Waals surface area (Å²) in [6.45, 7) is 0.436. The predicted molar refractivity (Wildman–Crippen MR) is 72.1 cm³/mol. The fourth-order valence-corrected chi connectivity index (χ4v) is 2.23. The van der Waals surface area contributed by atoms with Crippen molar-refractivity contribution in [2.75, 3.05) is 6.61 Å². The van der Waals surface area contributed by atoms with Gasteiger partial charge in [0.15, 0.2) is 0 Å². The van der Waals surface area contributed by atoms with Crippen molar-refractivity contribution in [2.24, 2.45) is 0 Å². The molecule has 0 radical (unpaired) electrons. The largest absolute Gasteiger partial charge is 0.461 e. The zero-order valence-electron chi connectivity index (χ0n) is 10.1. The first-order chi connectivity index (χ1) is 8.81. The predicted octanol–water partition coefficient (Wildman–Crippen LogP) is 3.56. The van der Waals surface area contributed by atoms with Gasteiger partial charge in [0.05, 0.1) is 0 Å². The summed E-state index contributed by atoms with van der Waals surface area (Å²) in [7, 11) is 0. The van der Waals surface area contributed by atoms with Crippen LogP contribution in [0, 0.1) is 0 Å². The van der Waals surface area contributed by atoms with Crippen molar-refractivity contribution < 1.29 is 9.53 Å². The second-order valence-electron chi connectivity index (χ2n) is 4.57. The average Bonchev–Trinajstić information content (AvgIpc) is 2.41. The number of benzene rings is 2. The Morgan fingerprint density at radius 3 is 2.61 bits per heavy atom. The number of cyclic esters (lactones) is 1. The van der Waals surface area contributed by atoms with Crippen molar-refractivity contribution in [2.45, 2.75) is 12.8 Å². The summed E-state index contributed by atoms with van der Waals surface area (Å²) >= 11 is 0. The molecule has 0 unspecified atom stereocenters. The normalized spacial score (nSPS) is 18.0. The molecule has 0 atom stereocenters. The van der Waals surface area contributed by atoms with Gasteiger partial charge in [-0.05, 0) is 34.4 Å². The summed E-state index contributed by atoms with van der Waals surface area (Å²) in [6.07, 6.45) is 3.43. The first kappa shape index (κ1) is 11.0. The van der Waals surface area contributed by atoms with Crippen molar-refractivity contribution in [3.63, 3.8) is 0 Å². The van der Waals surface area contributed by atoms with E-state index in [0.29, 0.717) is 13.0 Å². The highest BCUT2D eigenvalue weighted by Crippen LogP contribution is 2.20. The van der Waals surface area contributed by atoms with Gasteiger partial charge in [-0.15, -0.1) is 0 Å². The van der Waals surface area contributed by atoms with E-state index in [4.69, 9.17) is 4.74 Å².